The lowest BCUT2D eigenvalue weighted by Crippen LogP contribution is -2.42. The molecule has 0 aliphatic carbocycles. The molecule has 0 radical (unpaired) electrons. The quantitative estimate of drug-likeness (QED) is 0.827. The molecule has 1 fully saturated rings. The highest BCUT2D eigenvalue weighted by Gasteiger charge is 2.22. The van der Waals surface area contributed by atoms with Crippen LogP contribution in [0.25, 0.3) is 0 Å². The molecule has 0 spiro atoms. The van der Waals surface area contributed by atoms with Crippen molar-refractivity contribution in [2.45, 2.75) is 13.3 Å². The minimum atomic E-state index is -0.789. The normalized spacial score (nSPS) is 15.4. The van der Waals surface area contributed by atoms with Crippen LogP contribution in [0.15, 0.2) is 18.2 Å². The van der Waals surface area contributed by atoms with Gasteiger partial charge in [-0.1, -0.05) is 17.9 Å². The van der Waals surface area contributed by atoms with Crippen molar-refractivity contribution in [3.8, 4) is 11.8 Å². The van der Waals surface area contributed by atoms with Crippen LogP contribution in [0.5, 0.6) is 0 Å². The fraction of sp³-hybridized carbons (Fsp3) is 0.438. The van der Waals surface area contributed by atoms with Gasteiger partial charge in [-0.15, -0.1) is 0 Å². The molecule has 1 saturated heterocycles. The largest absolute Gasteiger partial charge is 0.395 e. The summed E-state index contributed by atoms with van der Waals surface area (Å²) in [4.78, 5) is 14.3. The average Bonchev–Trinajstić information content (AvgIpc) is 2.49. The first-order valence-electron chi connectivity index (χ1n) is 6.96. The van der Waals surface area contributed by atoms with E-state index in [0.717, 1.165) is 11.1 Å². The fourth-order valence-electron chi connectivity index (χ4n) is 2.16. The van der Waals surface area contributed by atoms with Gasteiger partial charge in [-0.25, -0.2) is 0 Å². The second-order valence-corrected chi connectivity index (χ2v) is 6.64. The van der Waals surface area contributed by atoms with Gasteiger partial charge in [0.25, 0.3) is 5.91 Å². The van der Waals surface area contributed by atoms with E-state index in [-0.39, 0.29) is 12.5 Å². The monoisotopic (exact) mass is 305 g/mol. The Labute approximate surface area is 127 Å². The van der Waals surface area contributed by atoms with Gasteiger partial charge in [0.15, 0.2) is 0 Å². The minimum Gasteiger partial charge on any atom is -0.395 e. The zero-order valence-electron chi connectivity index (χ0n) is 12.1. The molecule has 0 bridgehead atoms. The molecular weight excluding hydrogens is 286 g/mol. The number of benzene rings is 1. The Morgan fingerprint density at radius 1 is 1.38 bits per heavy atom. The Kier molecular flexibility index (Phi) is 5.54. The molecule has 0 saturated carbocycles. The van der Waals surface area contributed by atoms with Crippen molar-refractivity contribution in [2.24, 2.45) is 0 Å². The number of nitrogens with zero attached hydrogens (tertiary/aromatic N) is 1. The zero-order chi connectivity index (χ0) is 15.2. The summed E-state index contributed by atoms with van der Waals surface area (Å²) in [5.41, 5.74) is 2.34. The second-order valence-electron chi connectivity index (χ2n) is 4.95. The number of carbonyl (C=O) groups excluding carboxylic acids is 1. The second kappa shape index (κ2) is 7.39. The van der Waals surface area contributed by atoms with Crippen LogP contribution in [0.2, 0.25) is 0 Å². The molecule has 1 amide bonds. The lowest BCUT2D eigenvalue weighted by Gasteiger charge is -2.27. The summed E-state index contributed by atoms with van der Waals surface area (Å²) in [5, 5.41) is 8.73. The first-order valence-corrected chi connectivity index (χ1v) is 8.45. The first-order chi connectivity index (χ1) is 10.1. The van der Waals surface area contributed by atoms with E-state index < -0.39 is 10.8 Å². The van der Waals surface area contributed by atoms with Crippen LogP contribution in [-0.2, 0) is 10.8 Å². The van der Waals surface area contributed by atoms with Crippen LogP contribution >= 0.6 is 0 Å². The lowest BCUT2D eigenvalue weighted by atomic mass is 10.0. The van der Waals surface area contributed by atoms with Gasteiger partial charge in [-0.2, -0.15) is 0 Å². The third kappa shape index (κ3) is 4.16. The highest BCUT2D eigenvalue weighted by molar-refractivity contribution is 7.85. The summed E-state index contributed by atoms with van der Waals surface area (Å²) in [6, 6.07) is 5.56. The summed E-state index contributed by atoms with van der Waals surface area (Å²) in [6.45, 7) is 3.03. The van der Waals surface area contributed by atoms with Crippen molar-refractivity contribution >= 4 is 16.7 Å². The Morgan fingerprint density at radius 2 is 2.10 bits per heavy atom. The highest BCUT2D eigenvalue weighted by atomic mass is 32.2. The number of carbonyl (C=O) groups is 1. The molecule has 112 valence electrons. The SMILES string of the molecule is Cc1ccc(C#CCCO)cc1C(=O)N1CCS(=O)CC1. The van der Waals surface area contributed by atoms with Gasteiger partial charge in [0.05, 0.1) is 6.61 Å². The van der Waals surface area contributed by atoms with Crippen LogP contribution in [0.1, 0.15) is 27.9 Å². The van der Waals surface area contributed by atoms with Crippen molar-refractivity contribution in [1.82, 2.24) is 4.90 Å². The molecule has 0 atom stereocenters. The van der Waals surface area contributed by atoms with Crippen molar-refractivity contribution in [1.29, 1.82) is 0 Å². The van der Waals surface area contributed by atoms with Crippen molar-refractivity contribution in [3.63, 3.8) is 0 Å². The van der Waals surface area contributed by atoms with E-state index in [4.69, 9.17) is 5.11 Å². The number of hydrogen-bond acceptors (Lipinski definition) is 3. The predicted octanol–water partition coefficient (Wildman–Crippen LogP) is 0.933. The lowest BCUT2D eigenvalue weighted by molar-refractivity contribution is 0.0770. The molecule has 5 heteroatoms. The molecule has 0 unspecified atom stereocenters. The molecule has 0 aromatic heterocycles. The molecule has 1 aliphatic rings. The van der Waals surface area contributed by atoms with E-state index in [1.54, 1.807) is 11.0 Å². The van der Waals surface area contributed by atoms with Crippen LogP contribution in [0, 0.1) is 18.8 Å². The number of rotatable bonds is 2. The number of hydrogen-bond donors (Lipinski definition) is 1. The molecule has 2 rings (SSSR count). The van der Waals surface area contributed by atoms with E-state index in [9.17, 15) is 9.00 Å². The van der Waals surface area contributed by atoms with Gasteiger partial charge < -0.3 is 10.0 Å². The maximum absolute atomic E-state index is 12.5. The Balaban J connectivity index is 2.18. The predicted molar refractivity (Wildman–Crippen MR) is 83.5 cm³/mol. The number of aryl methyl sites for hydroxylation is 1. The molecular formula is C16H19NO3S. The van der Waals surface area contributed by atoms with Crippen LogP contribution in [-0.4, -0.2) is 51.3 Å². The summed E-state index contributed by atoms with van der Waals surface area (Å²) in [5.74, 6) is 6.90. The van der Waals surface area contributed by atoms with Crippen LogP contribution in [0.4, 0.5) is 0 Å². The van der Waals surface area contributed by atoms with Crippen molar-refractivity contribution in [3.05, 3.63) is 34.9 Å². The van der Waals surface area contributed by atoms with Crippen molar-refractivity contribution in [2.75, 3.05) is 31.2 Å². The molecule has 1 N–H and O–H groups in total. The Bertz CT molecular complexity index is 606. The van der Waals surface area contributed by atoms with Gasteiger partial charge in [0.2, 0.25) is 0 Å². The van der Waals surface area contributed by atoms with E-state index in [1.165, 1.54) is 0 Å². The third-order valence-corrected chi connectivity index (χ3v) is 4.68. The molecule has 1 aromatic rings. The topological polar surface area (TPSA) is 57.6 Å². The van der Waals surface area contributed by atoms with E-state index >= 15 is 0 Å². The smallest absolute Gasteiger partial charge is 0.254 e. The number of aliphatic hydroxyl groups excluding tert-OH is 1. The van der Waals surface area contributed by atoms with Gasteiger partial charge >= 0.3 is 0 Å². The van der Waals surface area contributed by atoms with E-state index in [1.807, 2.05) is 19.1 Å². The Hall–Kier alpha value is -1.64. The minimum absolute atomic E-state index is 0.0185. The Morgan fingerprint density at radius 3 is 2.76 bits per heavy atom. The average molecular weight is 305 g/mol. The molecule has 1 aliphatic heterocycles. The molecule has 1 heterocycles. The fourth-order valence-corrected chi connectivity index (χ4v) is 3.21. The summed E-state index contributed by atoms with van der Waals surface area (Å²) < 4.78 is 11.4. The zero-order valence-corrected chi connectivity index (χ0v) is 12.9. The van der Waals surface area contributed by atoms with E-state index in [0.29, 0.717) is 36.6 Å². The summed E-state index contributed by atoms with van der Waals surface area (Å²) in [7, 11) is -0.789. The van der Waals surface area contributed by atoms with Gasteiger partial charge in [0, 0.05) is 52.9 Å². The number of amides is 1. The molecule has 4 nitrogen and oxygen atoms in total. The standard InChI is InChI=1S/C16H19NO3S/c1-13-5-6-14(4-2-3-9-18)12-15(13)16(19)17-7-10-21(20)11-8-17/h5-6,12,18H,3,7-11H2,1H3. The van der Waals surface area contributed by atoms with Gasteiger partial charge in [0.1, 0.15) is 0 Å². The molecule has 21 heavy (non-hydrogen) atoms. The summed E-state index contributed by atoms with van der Waals surface area (Å²) >= 11 is 0. The van der Waals surface area contributed by atoms with Gasteiger partial charge in [-0.3, -0.25) is 9.00 Å². The third-order valence-electron chi connectivity index (χ3n) is 3.40. The first kappa shape index (κ1) is 15.7. The van der Waals surface area contributed by atoms with Crippen LogP contribution in [0.3, 0.4) is 0 Å². The highest BCUT2D eigenvalue weighted by Crippen LogP contribution is 2.15. The van der Waals surface area contributed by atoms with Crippen molar-refractivity contribution < 1.29 is 14.1 Å². The van der Waals surface area contributed by atoms with Crippen LogP contribution < -0.4 is 0 Å². The van der Waals surface area contributed by atoms with Gasteiger partial charge in [-0.05, 0) is 24.6 Å². The molecule has 1 aromatic carbocycles. The number of aliphatic hydroxyl groups is 1. The summed E-state index contributed by atoms with van der Waals surface area (Å²) in [6.07, 6.45) is 0.426. The maximum Gasteiger partial charge on any atom is 0.254 e. The maximum atomic E-state index is 12.5. The van der Waals surface area contributed by atoms with E-state index in [2.05, 4.69) is 11.8 Å².